The maximum Gasteiger partial charge on any atom is 0.237 e. The molecule has 4 rings (SSSR count). The van der Waals surface area contributed by atoms with Gasteiger partial charge in [-0.25, -0.2) is 0 Å². The van der Waals surface area contributed by atoms with Crippen molar-refractivity contribution in [1.29, 1.82) is 0 Å². The van der Waals surface area contributed by atoms with Crippen LogP contribution in [0.4, 0.5) is 0 Å². The summed E-state index contributed by atoms with van der Waals surface area (Å²) < 4.78 is 17.0. The second kappa shape index (κ2) is 18.6. The lowest BCUT2D eigenvalue weighted by Crippen LogP contribution is -2.52. The Morgan fingerprint density at radius 2 is 1.83 bits per heavy atom. The van der Waals surface area contributed by atoms with Crippen LogP contribution in [0.3, 0.4) is 0 Å². The standard InChI is InChI=1S/C36H55N5O7/c1-25(2)30-21-40(26(3)42)22-33(47-5)36(45)32(43)24-48-18-7-6-15-41(35(30)28-9-8-10-29(19-28)46-4)34(44)23-39-16-11-27(12-17-39)31-20-37-13-14-38-31/h8-10,13-14,19-20,25,27,30,32-33,35-36,43,45H,6-7,11-12,15-18,21-24H2,1-5H3/t30-,32+,33+,35-,36+/m1/s1. The van der Waals surface area contributed by atoms with Crippen molar-refractivity contribution < 1.29 is 34.0 Å². The summed E-state index contributed by atoms with van der Waals surface area (Å²) in [5.41, 5.74) is 1.94. The quantitative estimate of drug-likeness (QED) is 0.453. The number of amides is 2. The van der Waals surface area contributed by atoms with Crippen molar-refractivity contribution in [3.8, 4) is 5.75 Å². The minimum absolute atomic E-state index is 0.0339. The minimum atomic E-state index is -1.25. The Kier molecular flexibility index (Phi) is 14.6. The van der Waals surface area contributed by atoms with Gasteiger partial charge in [-0.05, 0) is 62.4 Å². The van der Waals surface area contributed by atoms with Crippen molar-refractivity contribution in [2.45, 2.75) is 76.7 Å². The number of carbonyl (C=O) groups excluding carboxylic acids is 2. The highest BCUT2D eigenvalue weighted by Gasteiger charge is 2.38. The molecule has 2 aliphatic rings. The molecule has 12 heteroatoms. The van der Waals surface area contributed by atoms with E-state index in [4.69, 9.17) is 14.2 Å². The van der Waals surface area contributed by atoms with Crippen molar-refractivity contribution in [2.75, 3.05) is 66.7 Å². The van der Waals surface area contributed by atoms with E-state index in [-0.39, 0.29) is 49.4 Å². The fraction of sp³-hybridized carbons (Fsp3) is 0.667. The van der Waals surface area contributed by atoms with Crippen molar-refractivity contribution in [1.82, 2.24) is 24.7 Å². The Morgan fingerprint density at radius 1 is 1.06 bits per heavy atom. The maximum absolute atomic E-state index is 14.6. The van der Waals surface area contributed by atoms with Gasteiger partial charge in [0.25, 0.3) is 0 Å². The molecule has 5 atom stereocenters. The molecular formula is C36H55N5O7. The number of rotatable bonds is 7. The number of piperidine rings is 1. The third-order valence-electron chi connectivity index (χ3n) is 9.88. The van der Waals surface area contributed by atoms with Crippen LogP contribution >= 0.6 is 0 Å². The number of aliphatic hydroxyl groups is 2. The first-order valence-electron chi connectivity index (χ1n) is 17.3. The molecule has 3 heterocycles. The van der Waals surface area contributed by atoms with Crippen molar-refractivity contribution in [3.05, 3.63) is 54.1 Å². The fourth-order valence-corrected chi connectivity index (χ4v) is 6.93. The first-order valence-corrected chi connectivity index (χ1v) is 17.3. The van der Waals surface area contributed by atoms with Gasteiger partial charge in [0.1, 0.15) is 24.1 Å². The molecule has 48 heavy (non-hydrogen) atoms. The van der Waals surface area contributed by atoms with E-state index in [0.717, 1.165) is 37.2 Å². The molecule has 0 bridgehead atoms. The van der Waals surface area contributed by atoms with E-state index in [2.05, 4.69) is 28.7 Å². The molecule has 2 amide bonds. The lowest BCUT2D eigenvalue weighted by Gasteiger charge is -2.43. The zero-order valence-corrected chi connectivity index (χ0v) is 29.2. The summed E-state index contributed by atoms with van der Waals surface area (Å²) in [4.78, 5) is 42.4. The van der Waals surface area contributed by atoms with E-state index in [1.165, 1.54) is 14.0 Å². The largest absolute Gasteiger partial charge is 0.497 e. The Labute approximate surface area is 285 Å². The number of likely N-dealkylation sites (tertiary alicyclic amines) is 1. The van der Waals surface area contributed by atoms with E-state index in [1.54, 1.807) is 24.4 Å². The van der Waals surface area contributed by atoms with Crippen molar-refractivity contribution in [3.63, 3.8) is 0 Å². The van der Waals surface area contributed by atoms with Gasteiger partial charge in [-0.1, -0.05) is 26.0 Å². The summed E-state index contributed by atoms with van der Waals surface area (Å²) in [5, 5.41) is 21.6. The molecule has 0 radical (unpaired) electrons. The van der Waals surface area contributed by atoms with Gasteiger partial charge in [0, 0.05) is 70.7 Å². The number of nitrogens with zero attached hydrogens (tertiary/aromatic N) is 5. The molecule has 266 valence electrons. The smallest absolute Gasteiger partial charge is 0.237 e. The number of ether oxygens (including phenoxy) is 3. The fourth-order valence-electron chi connectivity index (χ4n) is 6.93. The average molecular weight is 670 g/mol. The van der Waals surface area contributed by atoms with E-state index >= 15 is 0 Å². The molecule has 1 aromatic carbocycles. The average Bonchev–Trinajstić information content (AvgIpc) is 3.10. The van der Waals surface area contributed by atoms with Crippen LogP contribution < -0.4 is 4.74 Å². The van der Waals surface area contributed by atoms with E-state index in [9.17, 15) is 19.8 Å². The van der Waals surface area contributed by atoms with Crippen LogP contribution in [0.25, 0.3) is 0 Å². The first kappa shape index (κ1) is 37.7. The van der Waals surface area contributed by atoms with E-state index in [1.807, 2.05) is 35.4 Å². The minimum Gasteiger partial charge on any atom is -0.497 e. The van der Waals surface area contributed by atoms with Gasteiger partial charge in [-0.15, -0.1) is 0 Å². The number of carbonyl (C=O) groups is 2. The Bertz CT molecular complexity index is 1280. The molecule has 0 saturated carbocycles. The topological polar surface area (TPSA) is 138 Å². The van der Waals surface area contributed by atoms with Gasteiger partial charge < -0.3 is 34.2 Å². The first-order chi connectivity index (χ1) is 23.1. The number of aromatic nitrogens is 2. The second-order valence-electron chi connectivity index (χ2n) is 13.4. The number of aliphatic hydroxyl groups excluding tert-OH is 2. The summed E-state index contributed by atoms with van der Waals surface area (Å²) in [6.07, 6.45) is 5.17. The van der Waals surface area contributed by atoms with Gasteiger partial charge in [0.05, 0.1) is 32.0 Å². The molecule has 1 aromatic heterocycles. The van der Waals surface area contributed by atoms with Crippen molar-refractivity contribution in [2.24, 2.45) is 11.8 Å². The number of hydrogen-bond acceptors (Lipinski definition) is 10. The van der Waals surface area contributed by atoms with Crippen LogP contribution in [0.5, 0.6) is 5.75 Å². The molecule has 0 unspecified atom stereocenters. The van der Waals surface area contributed by atoms with Crippen LogP contribution in [-0.2, 0) is 19.1 Å². The van der Waals surface area contributed by atoms with Gasteiger partial charge in [-0.3, -0.25) is 24.5 Å². The highest BCUT2D eigenvalue weighted by Crippen LogP contribution is 2.37. The summed E-state index contributed by atoms with van der Waals surface area (Å²) in [6.45, 7) is 8.79. The summed E-state index contributed by atoms with van der Waals surface area (Å²) in [7, 11) is 3.09. The Morgan fingerprint density at radius 3 is 2.48 bits per heavy atom. The van der Waals surface area contributed by atoms with Crippen LogP contribution in [0.15, 0.2) is 42.9 Å². The zero-order chi connectivity index (χ0) is 34.6. The van der Waals surface area contributed by atoms with Gasteiger partial charge in [-0.2, -0.15) is 0 Å². The summed E-state index contributed by atoms with van der Waals surface area (Å²) in [5.74, 6) is 0.761. The lowest BCUT2D eigenvalue weighted by molar-refractivity contribution is -0.140. The van der Waals surface area contributed by atoms with Gasteiger partial charge >= 0.3 is 0 Å². The number of methoxy groups -OCH3 is 2. The molecule has 2 N–H and O–H groups in total. The third kappa shape index (κ3) is 10.2. The molecule has 2 fully saturated rings. The maximum atomic E-state index is 14.6. The van der Waals surface area contributed by atoms with Crippen molar-refractivity contribution >= 4 is 11.8 Å². The summed E-state index contributed by atoms with van der Waals surface area (Å²) >= 11 is 0. The molecule has 2 aliphatic heterocycles. The molecular weight excluding hydrogens is 614 g/mol. The van der Waals surface area contributed by atoms with Crippen LogP contribution in [0.2, 0.25) is 0 Å². The van der Waals surface area contributed by atoms with Gasteiger partial charge in [0.2, 0.25) is 11.8 Å². The second-order valence-corrected chi connectivity index (χ2v) is 13.4. The molecule has 2 aromatic rings. The predicted octanol–water partition coefficient (Wildman–Crippen LogP) is 2.90. The number of benzene rings is 1. The highest BCUT2D eigenvalue weighted by molar-refractivity contribution is 5.79. The van der Waals surface area contributed by atoms with Crippen LogP contribution in [-0.4, -0.2) is 132 Å². The normalized spacial score (nSPS) is 26.1. The Hall–Kier alpha value is -3.16. The van der Waals surface area contributed by atoms with Crippen LogP contribution in [0, 0.1) is 11.8 Å². The lowest BCUT2D eigenvalue weighted by atomic mass is 9.82. The molecule has 0 aliphatic carbocycles. The zero-order valence-electron chi connectivity index (χ0n) is 29.2. The summed E-state index contributed by atoms with van der Waals surface area (Å²) in [6, 6.07) is 7.48. The highest BCUT2D eigenvalue weighted by atomic mass is 16.5. The Balaban J connectivity index is 1.68. The monoisotopic (exact) mass is 669 g/mol. The third-order valence-corrected chi connectivity index (χ3v) is 9.88. The SMILES string of the molecule is COc1cccc([C@@H]2[C@@H](C(C)C)CN(C(C)=O)C[C@H](OC)[C@@H](O)[C@@H](O)COCCCCN2C(=O)CN2CCC(c3cnccn3)CC2)c1. The molecule has 12 nitrogen and oxygen atoms in total. The number of hydrogen-bond donors (Lipinski definition) is 2. The molecule has 2 saturated heterocycles. The van der Waals surface area contributed by atoms with Gasteiger partial charge in [0.15, 0.2) is 0 Å². The molecule has 0 spiro atoms. The van der Waals surface area contributed by atoms with E-state index in [0.29, 0.717) is 44.2 Å². The van der Waals surface area contributed by atoms with Crippen LogP contribution in [0.1, 0.15) is 69.7 Å². The van der Waals surface area contributed by atoms with E-state index < -0.39 is 18.3 Å². The predicted molar refractivity (Wildman–Crippen MR) is 181 cm³/mol.